The van der Waals surface area contributed by atoms with Crippen LogP contribution in [0.15, 0.2) is 0 Å². The quantitative estimate of drug-likeness (QED) is 0.177. The SMILES string of the molecule is CC(C)CCCC1CC([Si](C)(C)[Si](C)(C)C2CC(C(C)C)C3CCCCC32)C2CCCCC12.[CH3-].[CH3-].[Cl][Zr+2][Cl]. The van der Waals surface area contributed by atoms with Gasteiger partial charge in [-0.05, 0) is 84.1 Å². The molecule has 8 unspecified atom stereocenters. The number of rotatable bonds is 8. The predicted octanol–water partition coefficient (Wildman–Crippen LogP) is 12.6. The fourth-order valence-corrected chi connectivity index (χ4v) is 24.7. The summed E-state index contributed by atoms with van der Waals surface area (Å²) in [5.74, 6) is 8.38. The molecule has 0 radical (unpaired) electrons. The average Bonchev–Trinajstić information content (AvgIpc) is 3.39. The van der Waals surface area contributed by atoms with Crippen molar-refractivity contribution in [3.05, 3.63) is 14.9 Å². The number of hydrogen-bond acceptors (Lipinski definition) is 0. The molecule has 38 heavy (non-hydrogen) atoms. The first kappa shape index (κ1) is 37.9. The van der Waals surface area contributed by atoms with Gasteiger partial charge in [0.05, 0.1) is 0 Å². The van der Waals surface area contributed by atoms with E-state index >= 15 is 0 Å². The molecule has 4 fully saturated rings. The van der Waals surface area contributed by atoms with E-state index in [4.69, 9.17) is 17.0 Å². The van der Waals surface area contributed by atoms with Crippen molar-refractivity contribution in [3.8, 4) is 0 Å². The fraction of sp³-hybridized carbons (Fsp3) is 0.939. The first-order chi connectivity index (χ1) is 17.0. The topological polar surface area (TPSA) is 0 Å². The van der Waals surface area contributed by atoms with E-state index in [2.05, 4.69) is 53.9 Å². The van der Waals surface area contributed by atoms with Crippen LogP contribution in [0.4, 0.5) is 0 Å². The van der Waals surface area contributed by atoms with E-state index in [1.165, 1.54) is 19.3 Å². The number of halogens is 2. The molecule has 224 valence electrons. The van der Waals surface area contributed by atoms with Crippen molar-refractivity contribution in [2.24, 2.45) is 47.3 Å². The van der Waals surface area contributed by atoms with Crippen LogP contribution in [-0.2, 0) is 20.8 Å². The Morgan fingerprint density at radius 2 is 1.11 bits per heavy atom. The molecular formula is C33H66Cl2Si2Zr. The second-order valence-corrected chi connectivity index (χ2v) is 35.2. The van der Waals surface area contributed by atoms with Crippen molar-refractivity contribution in [1.82, 2.24) is 0 Å². The fourth-order valence-electron chi connectivity index (χ4n) is 10.3. The molecule has 0 aromatic rings. The van der Waals surface area contributed by atoms with Gasteiger partial charge in [0.2, 0.25) is 0 Å². The molecule has 0 N–H and O–H groups in total. The number of fused-ring (bicyclic) bond motifs is 2. The third-order valence-corrected chi connectivity index (χ3v) is 33.3. The van der Waals surface area contributed by atoms with Crippen LogP contribution < -0.4 is 0 Å². The van der Waals surface area contributed by atoms with Gasteiger partial charge in [-0.2, -0.15) is 0 Å². The molecule has 0 aliphatic heterocycles. The summed E-state index contributed by atoms with van der Waals surface area (Å²) in [5.41, 5.74) is 2.31. The third kappa shape index (κ3) is 8.29. The maximum atomic E-state index is 4.93. The van der Waals surface area contributed by atoms with Crippen molar-refractivity contribution < 1.29 is 20.8 Å². The van der Waals surface area contributed by atoms with Gasteiger partial charge in [0, 0.05) is 15.2 Å². The van der Waals surface area contributed by atoms with Gasteiger partial charge >= 0.3 is 37.9 Å². The van der Waals surface area contributed by atoms with Crippen LogP contribution in [-0.4, -0.2) is 15.2 Å². The van der Waals surface area contributed by atoms with Gasteiger partial charge in [-0.1, -0.05) is 112 Å². The van der Waals surface area contributed by atoms with E-state index in [0.29, 0.717) is 0 Å². The van der Waals surface area contributed by atoms with E-state index in [1.54, 1.807) is 64.2 Å². The van der Waals surface area contributed by atoms with Crippen molar-refractivity contribution in [1.29, 1.82) is 0 Å². The monoisotopic (exact) mass is 678 g/mol. The molecule has 0 heterocycles. The summed E-state index contributed by atoms with van der Waals surface area (Å²) in [6.45, 7) is 21.8. The molecule has 0 bridgehead atoms. The number of hydrogen-bond donors (Lipinski definition) is 0. The zero-order chi connectivity index (χ0) is 26.7. The molecule has 0 spiro atoms. The van der Waals surface area contributed by atoms with Crippen molar-refractivity contribution in [2.45, 2.75) is 148 Å². The summed E-state index contributed by atoms with van der Waals surface area (Å²) in [6.07, 6.45) is 20.3. The molecular weight excluding hydrogens is 615 g/mol. The molecule has 0 aromatic heterocycles. The Labute approximate surface area is 261 Å². The Balaban J connectivity index is 0.00000138. The zero-order valence-electron chi connectivity index (χ0n) is 27.2. The van der Waals surface area contributed by atoms with Gasteiger partial charge in [-0.3, -0.25) is 0 Å². The van der Waals surface area contributed by atoms with Crippen LogP contribution in [0, 0.1) is 62.2 Å². The molecule has 4 aliphatic carbocycles. The van der Waals surface area contributed by atoms with Gasteiger partial charge < -0.3 is 14.9 Å². The van der Waals surface area contributed by atoms with E-state index in [9.17, 15) is 0 Å². The summed E-state index contributed by atoms with van der Waals surface area (Å²) < 4.78 is 0. The summed E-state index contributed by atoms with van der Waals surface area (Å²) >= 11 is -0.826. The van der Waals surface area contributed by atoms with E-state index in [0.717, 1.165) is 58.4 Å². The normalized spacial score (nSPS) is 34.8. The predicted molar refractivity (Wildman–Crippen MR) is 178 cm³/mol. The second-order valence-electron chi connectivity index (χ2n) is 15.4. The molecule has 4 aliphatic rings. The van der Waals surface area contributed by atoms with Crippen LogP contribution in [0.25, 0.3) is 0 Å². The Bertz CT molecular complexity index is 667. The molecule has 0 nitrogen and oxygen atoms in total. The van der Waals surface area contributed by atoms with E-state index in [-0.39, 0.29) is 14.9 Å². The molecule has 8 atom stereocenters. The molecule has 4 saturated carbocycles. The van der Waals surface area contributed by atoms with Gasteiger partial charge in [0.25, 0.3) is 0 Å². The molecule has 0 saturated heterocycles. The zero-order valence-corrected chi connectivity index (χ0v) is 33.2. The van der Waals surface area contributed by atoms with Crippen molar-refractivity contribution in [3.63, 3.8) is 0 Å². The summed E-state index contributed by atoms with van der Waals surface area (Å²) in [7, 11) is 7.32. The summed E-state index contributed by atoms with van der Waals surface area (Å²) in [5, 5.41) is 0. The molecule has 4 rings (SSSR count). The Hall–Kier alpha value is 1.90. The Morgan fingerprint density at radius 1 is 0.684 bits per heavy atom. The van der Waals surface area contributed by atoms with Gasteiger partial charge in [-0.25, -0.2) is 0 Å². The molecule has 5 heteroatoms. The van der Waals surface area contributed by atoms with Crippen LogP contribution in [0.3, 0.4) is 0 Å². The van der Waals surface area contributed by atoms with Crippen LogP contribution in [0.2, 0.25) is 37.3 Å². The van der Waals surface area contributed by atoms with Crippen LogP contribution in [0.1, 0.15) is 111 Å². The second kappa shape index (κ2) is 16.7. The van der Waals surface area contributed by atoms with Gasteiger partial charge in [0.1, 0.15) is 0 Å². The Morgan fingerprint density at radius 3 is 1.58 bits per heavy atom. The first-order valence-corrected chi connectivity index (χ1v) is 29.4. The third-order valence-electron chi connectivity index (χ3n) is 12.7. The standard InChI is InChI=1S/C31H60Si2.2CH3.2ClH.Zr/c1-22(2)14-13-15-24-20-30(27-18-11-9-16-25(24)27)32(5,6)33(7,8)31-21-29(23(3)4)26-17-10-12-19-28(26)31;;;;;/h22-31H,9-21H2,1-8H3;2*1H3;2*1H;/q;2*-1;;;+4/p-2. The van der Waals surface area contributed by atoms with Crippen LogP contribution in [0.5, 0.6) is 0 Å². The van der Waals surface area contributed by atoms with Gasteiger partial charge in [0.15, 0.2) is 0 Å². The Kier molecular flexibility index (Phi) is 16.6. The maximum absolute atomic E-state index is 4.93. The molecule has 0 amide bonds. The van der Waals surface area contributed by atoms with Crippen molar-refractivity contribution in [2.75, 3.05) is 0 Å². The minimum atomic E-state index is -1.28. The molecule has 0 aromatic carbocycles. The van der Waals surface area contributed by atoms with Crippen LogP contribution >= 0.6 is 17.0 Å². The summed E-state index contributed by atoms with van der Waals surface area (Å²) in [4.78, 5) is 0. The average molecular weight is 681 g/mol. The van der Waals surface area contributed by atoms with E-state index < -0.39 is 36.0 Å². The summed E-state index contributed by atoms with van der Waals surface area (Å²) in [6, 6.07) is 0. The first-order valence-electron chi connectivity index (χ1n) is 15.9. The van der Waals surface area contributed by atoms with Gasteiger partial charge in [-0.15, -0.1) is 0 Å². The minimum absolute atomic E-state index is 0. The van der Waals surface area contributed by atoms with Crippen molar-refractivity contribution >= 4 is 32.2 Å². The van der Waals surface area contributed by atoms with E-state index in [1.807, 2.05) is 0 Å².